The molecule has 1 aliphatic rings. The Bertz CT molecular complexity index is 1240. The average molecular weight is 543 g/mol. The summed E-state index contributed by atoms with van der Waals surface area (Å²) in [5.41, 5.74) is 1.80. The Labute approximate surface area is 208 Å². The lowest BCUT2D eigenvalue weighted by Crippen LogP contribution is -2.36. The van der Waals surface area contributed by atoms with Gasteiger partial charge < -0.3 is 4.74 Å². The summed E-state index contributed by atoms with van der Waals surface area (Å²) in [4.78, 5) is 31.8. The number of amides is 2. The van der Waals surface area contributed by atoms with Crippen molar-refractivity contribution in [2.24, 2.45) is 4.99 Å². The minimum Gasteiger partial charge on any atom is -0.378 e. The summed E-state index contributed by atoms with van der Waals surface area (Å²) in [5, 5.41) is 6.89. The first kappa shape index (κ1) is 23.9. The molecule has 2 amide bonds. The Hall–Kier alpha value is -3.28. The van der Waals surface area contributed by atoms with Crippen LogP contribution < -0.4 is 14.9 Å². The summed E-state index contributed by atoms with van der Waals surface area (Å²) >= 11 is 4.60. The van der Waals surface area contributed by atoms with Crippen molar-refractivity contribution in [3.63, 3.8) is 0 Å². The molecule has 4 rings (SSSR count). The number of carbonyl (C=O) groups is 2. The number of aliphatic imine (C=N–C) groups is 1. The van der Waals surface area contributed by atoms with Gasteiger partial charge in [0.25, 0.3) is 12.1 Å². The molecule has 0 atom stereocenters. The van der Waals surface area contributed by atoms with Crippen LogP contribution in [0.1, 0.15) is 5.56 Å². The summed E-state index contributed by atoms with van der Waals surface area (Å²) in [6.45, 7) is 0.974. The number of nitrogens with one attached hydrogen (secondary N) is 1. The molecule has 2 aromatic carbocycles. The molecule has 0 saturated carbocycles. The van der Waals surface area contributed by atoms with Crippen LogP contribution in [-0.2, 0) is 20.9 Å². The van der Waals surface area contributed by atoms with Gasteiger partial charge in [-0.25, -0.2) is 4.99 Å². The van der Waals surface area contributed by atoms with Gasteiger partial charge in [0.05, 0.1) is 11.4 Å². The Morgan fingerprint density at radius 2 is 2.09 bits per heavy atom. The summed E-state index contributed by atoms with van der Waals surface area (Å²) in [6.07, 6.45) is 3.30. The molecule has 2 heterocycles. The highest BCUT2D eigenvalue weighted by Gasteiger charge is 2.32. The van der Waals surface area contributed by atoms with Crippen molar-refractivity contribution in [2.45, 2.75) is 6.54 Å². The zero-order chi connectivity index (χ0) is 23.9. The van der Waals surface area contributed by atoms with E-state index in [4.69, 9.17) is 9.26 Å². The van der Waals surface area contributed by atoms with Crippen LogP contribution in [0, 0.1) is 0 Å². The first-order chi connectivity index (χ1) is 16.5. The normalized spacial score (nSPS) is 14.5. The molecule has 0 bridgehead atoms. The lowest BCUT2D eigenvalue weighted by molar-refractivity contribution is -0.763. The number of anilines is 2. The van der Waals surface area contributed by atoms with Crippen LogP contribution in [0.2, 0.25) is 0 Å². The highest BCUT2D eigenvalue weighted by Crippen LogP contribution is 2.29. The molecule has 9 nitrogen and oxygen atoms in total. The summed E-state index contributed by atoms with van der Waals surface area (Å²) < 4.78 is 12.5. The number of aromatic nitrogens is 2. The Balaban J connectivity index is 1.49. The van der Waals surface area contributed by atoms with Gasteiger partial charge in [-0.3, -0.25) is 24.3 Å². The van der Waals surface area contributed by atoms with Crippen LogP contribution in [0.3, 0.4) is 0 Å². The SMILES string of the molecule is COCC[n+]1cc(NC(=O)CSC2=N/C(=C/c3cccc(Br)c3)C(=O)N2c2ccccc2)on1. The van der Waals surface area contributed by atoms with Crippen LogP contribution in [0.15, 0.2) is 80.5 Å². The third-order valence-corrected chi connectivity index (χ3v) is 6.06. The number of nitrogens with zero attached hydrogens (tertiary/aromatic N) is 4. The van der Waals surface area contributed by atoms with Crippen LogP contribution in [0.5, 0.6) is 0 Å². The van der Waals surface area contributed by atoms with Crippen molar-refractivity contribution in [3.8, 4) is 0 Å². The van der Waals surface area contributed by atoms with Gasteiger partial charge in [-0.15, -0.1) is 0 Å². The number of ether oxygens (including phenoxy) is 1. The van der Waals surface area contributed by atoms with Crippen LogP contribution in [0.4, 0.5) is 11.6 Å². The zero-order valence-electron chi connectivity index (χ0n) is 18.2. The van der Waals surface area contributed by atoms with E-state index in [2.05, 4.69) is 31.5 Å². The van der Waals surface area contributed by atoms with Gasteiger partial charge in [0.2, 0.25) is 17.7 Å². The van der Waals surface area contributed by atoms with E-state index >= 15 is 0 Å². The monoisotopic (exact) mass is 542 g/mol. The molecule has 174 valence electrons. The van der Waals surface area contributed by atoms with Crippen LogP contribution in [-0.4, -0.2) is 41.7 Å². The van der Waals surface area contributed by atoms with Gasteiger partial charge in [-0.05, 0) is 40.6 Å². The smallest absolute Gasteiger partial charge is 0.302 e. The molecule has 1 N–H and O–H groups in total. The van der Waals surface area contributed by atoms with E-state index in [-0.39, 0.29) is 23.5 Å². The topological polar surface area (TPSA) is 101 Å². The number of hydrogen-bond donors (Lipinski definition) is 1. The number of benzene rings is 2. The number of methoxy groups -OCH3 is 1. The van der Waals surface area contributed by atoms with Gasteiger partial charge in [0, 0.05) is 11.6 Å². The molecular formula is C23H21BrN5O4S+. The van der Waals surface area contributed by atoms with E-state index in [9.17, 15) is 9.59 Å². The van der Waals surface area contributed by atoms with E-state index in [1.807, 2.05) is 54.6 Å². The number of amidine groups is 1. The molecule has 0 saturated heterocycles. The highest BCUT2D eigenvalue weighted by atomic mass is 79.9. The second-order valence-electron chi connectivity index (χ2n) is 7.11. The third-order valence-electron chi connectivity index (χ3n) is 4.63. The molecule has 1 aliphatic heterocycles. The second kappa shape index (κ2) is 11.2. The summed E-state index contributed by atoms with van der Waals surface area (Å²) in [7, 11) is 1.59. The number of halogens is 1. The molecule has 0 radical (unpaired) electrons. The van der Waals surface area contributed by atoms with E-state index in [1.165, 1.54) is 9.58 Å². The van der Waals surface area contributed by atoms with Crippen molar-refractivity contribution < 1.29 is 23.5 Å². The van der Waals surface area contributed by atoms with Crippen LogP contribution in [0.25, 0.3) is 6.08 Å². The molecule has 0 aliphatic carbocycles. The van der Waals surface area contributed by atoms with Crippen molar-refractivity contribution in [2.75, 3.05) is 29.7 Å². The first-order valence-electron chi connectivity index (χ1n) is 10.3. The summed E-state index contributed by atoms with van der Waals surface area (Å²) in [6, 6.07) is 16.8. The lowest BCUT2D eigenvalue weighted by atomic mass is 10.2. The molecule has 1 aromatic heterocycles. The fourth-order valence-corrected chi connectivity index (χ4v) is 4.31. The van der Waals surface area contributed by atoms with Gasteiger partial charge in [-0.2, -0.15) is 0 Å². The minimum atomic E-state index is -0.312. The number of thioether (sulfide) groups is 1. The van der Waals surface area contributed by atoms with Gasteiger partial charge in [-0.1, -0.05) is 58.0 Å². The zero-order valence-corrected chi connectivity index (χ0v) is 20.6. The molecule has 34 heavy (non-hydrogen) atoms. The highest BCUT2D eigenvalue weighted by molar-refractivity contribution is 9.10. The summed E-state index contributed by atoms with van der Waals surface area (Å²) in [5.74, 6) is -0.323. The fourth-order valence-electron chi connectivity index (χ4n) is 3.08. The van der Waals surface area contributed by atoms with E-state index in [0.29, 0.717) is 29.7 Å². The molecule has 0 spiro atoms. The molecule has 3 aromatic rings. The first-order valence-corrected chi connectivity index (χ1v) is 12.0. The molecule has 0 fully saturated rings. The maximum absolute atomic E-state index is 13.2. The number of para-hydroxylation sites is 1. The number of hydrogen-bond acceptors (Lipinski definition) is 7. The van der Waals surface area contributed by atoms with Crippen molar-refractivity contribution >= 4 is 62.3 Å². The number of rotatable bonds is 8. The second-order valence-corrected chi connectivity index (χ2v) is 8.97. The largest absolute Gasteiger partial charge is 0.378 e. The quantitative estimate of drug-likeness (QED) is 0.345. The van der Waals surface area contributed by atoms with Gasteiger partial charge in [0.15, 0.2) is 5.17 Å². The van der Waals surface area contributed by atoms with Gasteiger partial charge in [0.1, 0.15) is 12.3 Å². The maximum atomic E-state index is 13.2. The van der Waals surface area contributed by atoms with E-state index in [0.717, 1.165) is 21.8 Å². The lowest BCUT2D eigenvalue weighted by Gasteiger charge is -2.17. The van der Waals surface area contributed by atoms with E-state index < -0.39 is 0 Å². The van der Waals surface area contributed by atoms with Crippen molar-refractivity contribution in [1.29, 1.82) is 0 Å². The standard InChI is InChI=1S/C23H20BrN5O4S/c1-32-11-10-28-14-21(33-27-28)26-20(30)15-34-23-25-19(13-16-6-5-7-17(24)12-16)22(31)29(23)18-8-3-2-4-9-18/h2-9,12-14H,10-11,15H2,1H3/p+1/b19-13+. The third kappa shape index (κ3) is 5.99. The van der Waals surface area contributed by atoms with Crippen molar-refractivity contribution in [3.05, 3.63) is 76.5 Å². The predicted molar refractivity (Wildman–Crippen MR) is 133 cm³/mol. The predicted octanol–water partition coefficient (Wildman–Crippen LogP) is 3.49. The molecule has 0 unspecified atom stereocenters. The van der Waals surface area contributed by atoms with E-state index in [1.54, 1.807) is 19.4 Å². The van der Waals surface area contributed by atoms with Gasteiger partial charge >= 0.3 is 5.88 Å². The Kier molecular flexibility index (Phi) is 7.88. The molecular weight excluding hydrogens is 522 g/mol. The Morgan fingerprint density at radius 3 is 2.85 bits per heavy atom. The average Bonchev–Trinajstić information content (AvgIpc) is 3.40. The number of carbonyl (C=O) groups excluding carboxylic acids is 2. The Morgan fingerprint density at radius 1 is 1.26 bits per heavy atom. The minimum absolute atomic E-state index is 0.0262. The van der Waals surface area contributed by atoms with Crippen LogP contribution >= 0.6 is 27.7 Å². The fraction of sp³-hybridized carbons (Fsp3) is 0.174. The molecule has 11 heteroatoms. The maximum Gasteiger partial charge on any atom is 0.302 e. The van der Waals surface area contributed by atoms with Crippen molar-refractivity contribution in [1.82, 2.24) is 5.27 Å².